The normalized spacial score (nSPS) is 18.8. The average molecular weight is 467 g/mol. The molecule has 3 aliphatic rings. The van der Waals surface area contributed by atoms with E-state index in [1.165, 1.54) is 10.9 Å². The highest BCUT2D eigenvalue weighted by atomic mass is 16.2. The van der Waals surface area contributed by atoms with Crippen molar-refractivity contribution in [3.63, 3.8) is 0 Å². The number of anilines is 1. The van der Waals surface area contributed by atoms with E-state index in [9.17, 15) is 9.59 Å². The second-order valence-corrected chi connectivity index (χ2v) is 9.61. The molecule has 2 amide bonds. The van der Waals surface area contributed by atoms with Gasteiger partial charge in [0.25, 0.3) is 5.91 Å². The first kappa shape index (κ1) is 20.3. The summed E-state index contributed by atoms with van der Waals surface area (Å²) in [5, 5.41) is 1.17. The molecule has 8 heteroatoms. The Morgan fingerprint density at radius 3 is 2.83 bits per heavy atom. The van der Waals surface area contributed by atoms with Gasteiger partial charge in [0.15, 0.2) is 0 Å². The Kier molecular flexibility index (Phi) is 4.33. The van der Waals surface area contributed by atoms with Gasteiger partial charge in [-0.25, -0.2) is 4.98 Å². The lowest BCUT2D eigenvalue weighted by molar-refractivity contribution is -0.132. The minimum absolute atomic E-state index is 0.0558. The Morgan fingerprint density at radius 1 is 1.09 bits per heavy atom. The molecule has 176 valence electrons. The van der Waals surface area contributed by atoms with Crippen LogP contribution in [0.2, 0.25) is 0 Å². The second kappa shape index (κ2) is 7.46. The zero-order valence-electron chi connectivity index (χ0n) is 19.6. The molecule has 1 unspecified atom stereocenters. The quantitative estimate of drug-likeness (QED) is 0.493. The number of H-pyrrole nitrogens is 1. The Morgan fingerprint density at radius 2 is 1.91 bits per heavy atom. The van der Waals surface area contributed by atoms with Crippen molar-refractivity contribution in [3.05, 3.63) is 83.1 Å². The van der Waals surface area contributed by atoms with Gasteiger partial charge in [0.05, 0.1) is 41.2 Å². The van der Waals surface area contributed by atoms with E-state index in [-0.39, 0.29) is 24.5 Å². The van der Waals surface area contributed by atoms with Crippen LogP contribution >= 0.6 is 0 Å². The molecule has 3 aliphatic heterocycles. The molecule has 8 nitrogen and oxygen atoms in total. The number of para-hydroxylation sites is 2. The van der Waals surface area contributed by atoms with Crippen molar-refractivity contribution in [2.75, 3.05) is 25.0 Å². The molecule has 0 spiro atoms. The highest BCUT2D eigenvalue weighted by Crippen LogP contribution is 2.44. The number of aromatic amines is 1. The number of nitrogens with one attached hydrogen (secondary N) is 1. The summed E-state index contributed by atoms with van der Waals surface area (Å²) >= 11 is 0. The highest BCUT2D eigenvalue weighted by Gasteiger charge is 2.43. The number of fused-ring (bicyclic) bond motifs is 7. The van der Waals surface area contributed by atoms with E-state index in [2.05, 4.69) is 37.6 Å². The Bertz CT molecular complexity index is 1500. The minimum atomic E-state index is -0.248. The van der Waals surface area contributed by atoms with Gasteiger partial charge in [0.2, 0.25) is 5.91 Å². The van der Waals surface area contributed by atoms with E-state index in [0.717, 1.165) is 46.7 Å². The number of rotatable bonds is 2. The van der Waals surface area contributed by atoms with Crippen molar-refractivity contribution in [2.45, 2.75) is 32.1 Å². The molecule has 5 heterocycles. The Balaban J connectivity index is 1.33. The maximum atomic E-state index is 13.6. The number of aromatic nitrogens is 3. The smallest absolute Gasteiger partial charge is 0.257 e. The lowest BCUT2D eigenvalue weighted by Crippen LogP contribution is -2.51. The Labute approximate surface area is 202 Å². The summed E-state index contributed by atoms with van der Waals surface area (Å²) in [6, 6.07) is 16.1. The standard InChI is InChI=1S/C27H26N6O2/c1-30-22-8-4-3-7-19(22)27(35)32-13-10-18-17-6-2-5-9-23(17)33(25(18)26(30)32)15-24(34)31-12-11-20-21(14-31)29-16-28-20/h2-9,16,26H,10-15H2,1H3,(H,28,29). The number of benzene rings is 2. The number of carbonyl (C=O) groups excluding carboxylic acids is 2. The van der Waals surface area contributed by atoms with Crippen LogP contribution in [0.1, 0.15) is 39.2 Å². The van der Waals surface area contributed by atoms with Crippen LogP contribution in [-0.2, 0) is 30.7 Å². The SMILES string of the molecule is CN1c2ccccc2C(=O)N2CCc3c(n(CC(=O)N4CCc5nc[nH]c5C4)c4ccccc34)C21. The second-order valence-electron chi connectivity index (χ2n) is 9.61. The Hall–Kier alpha value is -4.07. The van der Waals surface area contributed by atoms with Gasteiger partial charge >= 0.3 is 0 Å². The van der Waals surface area contributed by atoms with Crippen LogP contribution < -0.4 is 4.90 Å². The van der Waals surface area contributed by atoms with Crippen molar-refractivity contribution in [3.8, 4) is 0 Å². The topological polar surface area (TPSA) is 77.5 Å². The fourth-order valence-corrected chi connectivity index (χ4v) is 6.14. The van der Waals surface area contributed by atoms with E-state index >= 15 is 0 Å². The molecule has 35 heavy (non-hydrogen) atoms. The molecule has 0 fully saturated rings. The predicted octanol–water partition coefficient (Wildman–Crippen LogP) is 3.10. The molecular formula is C27H26N6O2. The van der Waals surface area contributed by atoms with Gasteiger partial charge in [-0.15, -0.1) is 0 Å². The summed E-state index contributed by atoms with van der Waals surface area (Å²) < 4.78 is 2.16. The first-order valence-electron chi connectivity index (χ1n) is 12.1. The summed E-state index contributed by atoms with van der Waals surface area (Å²) in [4.78, 5) is 40.7. The number of nitrogens with zero attached hydrogens (tertiary/aromatic N) is 5. The van der Waals surface area contributed by atoms with E-state index in [1.54, 1.807) is 6.33 Å². The number of hydrogen-bond acceptors (Lipinski definition) is 4. The fourth-order valence-electron chi connectivity index (χ4n) is 6.14. The van der Waals surface area contributed by atoms with Gasteiger partial charge < -0.3 is 24.3 Å². The third-order valence-corrected chi connectivity index (χ3v) is 7.83. The van der Waals surface area contributed by atoms with E-state index < -0.39 is 0 Å². The van der Waals surface area contributed by atoms with Gasteiger partial charge in [-0.05, 0) is 30.2 Å². The zero-order chi connectivity index (χ0) is 23.7. The number of carbonyl (C=O) groups is 2. The zero-order valence-corrected chi connectivity index (χ0v) is 19.6. The van der Waals surface area contributed by atoms with Crippen molar-refractivity contribution in [2.24, 2.45) is 0 Å². The van der Waals surface area contributed by atoms with Crippen LogP contribution in [0, 0.1) is 0 Å². The molecule has 1 atom stereocenters. The molecule has 0 saturated heterocycles. The molecule has 7 rings (SSSR count). The summed E-state index contributed by atoms with van der Waals surface area (Å²) in [6.07, 6.45) is 2.99. The van der Waals surface area contributed by atoms with Crippen molar-refractivity contribution < 1.29 is 9.59 Å². The lowest BCUT2D eigenvalue weighted by atomic mass is 9.96. The van der Waals surface area contributed by atoms with Crippen LogP contribution in [0.3, 0.4) is 0 Å². The molecule has 0 bridgehead atoms. The van der Waals surface area contributed by atoms with Crippen LogP contribution in [0.25, 0.3) is 10.9 Å². The van der Waals surface area contributed by atoms with Crippen LogP contribution in [-0.4, -0.2) is 56.3 Å². The van der Waals surface area contributed by atoms with E-state index in [1.807, 2.05) is 47.2 Å². The van der Waals surface area contributed by atoms with E-state index in [0.29, 0.717) is 19.6 Å². The van der Waals surface area contributed by atoms with Gasteiger partial charge in [0, 0.05) is 37.5 Å². The van der Waals surface area contributed by atoms with Gasteiger partial charge in [0.1, 0.15) is 12.7 Å². The summed E-state index contributed by atoms with van der Waals surface area (Å²) in [6.45, 7) is 2.12. The average Bonchev–Trinajstić information content (AvgIpc) is 3.49. The fraction of sp³-hybridized carbons (Fsp3) is 0.296. The van der Waals surface area contributed by atoms with Crippen molar-refractivity contribution in [1.29, 1.82) is 0 Å². The summed E-state index contributed by atoms with van der Waals surface area (Å²) in [7, 11) is 2.05. The highest BCUT2D eigenvalue weighted by molar-refractivity contribution is 6.02. The molecular weight excluding hydrogens is 440 g/mol. The first-order chi connectivity index (χ1) is 17.1. The molecule has 2 aromatic heterocycles. The third kappa shape index (κ3) is 2.89. The predicted molar refractivity (Wildman–Crippen MR) is 132 cm³/mol. The number of imidazole rings is 1. The monoisotopic (exact) mass is 466 g/mol. The molecule has 4 aromatic rings. The molecule has 2 aromatic carbocycles. The largest absolute Gasteiger partial charge is 0.349 e. The number of amides is 2. The van der Waals surface area contributed by atoms with Crippen LogP contribution in [0.5, 0.6) is 0 Å². The van der Waals surface area contributed by atoms with Crippen LogP contribution in [0.4, 0.5) is 5.69 Å². The minimum Gasteiger partial charge on any atom is -0.349 e. The summed E-state index contributed by atoms with van der Waals surface area (Å²) in [5.41, 5.74) is 7.07. The lowest BCUT2D eigenvalue weighted by Gasteiger charge is -2.46. The van der Waals surface area contributed by atoms with Crippen molar-refractivity contribution >= 4 is 28.4 Å². The first-order valence-corrected chi connectivity index (χ1v) is 12.1. The maximum Gasteiger partial charge on any atom is 0.257 e. The molecule has 1 N–H and O–H groups in total. The van der Waals surface area contributed by atoms with Gasteiger partial charge in [-0.3, -0.25) is 9.59 Å². The van der Waals surface area contributed by atoms with Crippen molar-refractivity contribution in [1.82, 2.24) is 24.3 Å². The van der Waals surface area contributed by atoms with Crippen LogP contribution in [0.15, 0.2) is 54.9 Å². The maximum absolute atomic E-state index is 13.6. The molecule has 0 radical (unpaired) electrons. The van der Waals surface area contributed by atoms with Gasteiger partial charge in [-0.1, -0.05) is 30.3 Å². The number of hydrogen-bond donors (Lipinski definition) is 1. The molecule has 0 aliphatic carbocycles. The summed E-state index contributed by atoms with van der Waals surface area (Å²) in [5.74, 6) is 0.136. The van der Waals surface area contributed by atoms with E-state index in [4.69, 9.17) is 0 Å². The van der Waals surface area contributed by atoms with Gasteiger partial charge in [-0.2, -0.15) is 0 Å². The molecule has 0 saturated carbocycles. The third-order valence-electron chi connectivity index (χ3n) is 7.83.